The van der Waals surface area contributed by atoms with Crippen LogP contribution in [0.25, 0.3) is 0 Å². The van der Waals surface area contributed by atoms with Gasteiger partial charge in [-0.15, -0.1) is 11.8 Å². The van der Waals surface area contributed by atoms with E-state index < -0.39 is 0 Å². The van der Waals surface area contributed by atoms with Crippen molar-refractivity contribution in [1.29, 1.82) is 0 Å². The molecule has 2 aromatic heterocycles. The largest absolute Gasteiger partial charge is 0.444 e. The number of carbonyl (C=O) groups is 1. The van der Waals surface area contributed by atoms with Gasteiger partial charge in [0.2, 0.25) is 11.8 Å². The Morgan fingerprint density at radius 2 is 1.88 bits per heavy atom. The molecule has 1 aromatic carbocycles. The molecule has 0 atom stereocenters. The Morgan fingerprint density at radius 1 is 1.12 bits per heavy atom. The second-order valence-electron chi connectivity index (χ2n) is 8.41. The Bertz CT molecular complexity index is 993. The summed E-state index contributed by atoms with van der Waals surface area (Å²) in [5, 5.41) is 15.4. The number of oxazole rings is 1. The summed E-state index contributed by atoms with van der Waals surface area (Å²) in [7, 11) is 0. The van der Waals surface area contributed by atoms with Crippen LogP contribution in [0.5, 0.6) is 0 Å². The maximum absolute atomic E-state index is 12.4. The molecule has 0 aliphatic rings. The lowest BCUT2D eigenvalue weighted by atomic mass is 9.94. The van der Waals surface area contributed by atoms with E-state index in [2.05, 4.69) is 41.4 Å². The summed E-state index contributed by atoms with van der Waals surface area (Å²) in [6.45, 7) is 7.85. The van der Waals surface area contributed by atoms with Crippen molar-refractivity contribution < 1.29 is 14.3 Å². The minimum Gasteiger partial charge on any atom is -0.444 e. The quantitative estimate of drug-likeness (QED) is 0.285. The zero-order valence-corrected chi connectivity index (χ0v) is 20.3. The Kier molecular flexibility index (Phi) is 8.86. The second kappa shape index (κ2) is 11.6. The lowest BCUT2D eigenvalue weighted by Crippen LogP contribution is -2.20. The minimum atomic E-state index is -0.0872. The molecule has 3 rings (SSSR count). The standard InChI is InChI=1S/C23H30N4O3S2/c1-23(2,3)18-13-25-20(30-18)15-31-21-14-26-22(32-21)27-19(29)12-17-6-4-16(5-7-17)8-9-24-10-11-28/h4-7,13-14,24,28H,8-12,15H2,1-3H3,(H,26,27,29). The summed E-state index contributed by atoms with van der Waals surface area (Å²) in [5.41, 5.74) is 2.09. The number of amides is 1. The van der Waals surface area contributed by atoms with Gasteiger partial charge in [-0.05, 0) is 24.1 Å². The number of thiazole rings is 1. The molecule has 0 radical (unpaired) electrons. The van der Waals surface area contributed by atoms with E-state index in [1.54, 1.807) is 24.2 Å². The summed E-state index contributed by atoms with van der Waals surface area (Å²) < 4.78 is 6.81. The van der Waals surface area contributed by atoms with Gasteiger partial charge in [0.25, 0.3) is 0 Å². The molecule has 0 saturated heterocycles. The molecule has 3 aromatic rings. The number of aliphatic hydroxyl groups excluding tert-OH is 1. The molecule has 9 heteroatoms. The zero-order chi connectivity index (χ0) is 23.0. The lowest BCUT2D eigenvalue weighted by Gasteiger charge is -2.12. The van der Waals surface area contributed by atoms with Crippen molar-refractivity contribution in [3.63, 3.8) is 0 Å². The third-order valence-corrected chi connectivity index (χ3v) is 6.72. The van der Waals surface area contributed by atoms with Gasteiger partial charge in [0.15, 0.2) is 5.13 Å². The molecule has 172 valence electrons. The molecule has 1 amide bonds. The van der Waals surface area contributed by atoms with E-state index in [1.807, 2.05) is 24.3 Å². The number of thioether (sulfide) groups is 1. The van der Waals surface area contributed by atoms with Crippen LogP contribution in [0, 0.1) is 0 Å². The van der Waals surface area contributed by atoms with E-state index in [4.69, 9.17) is 9.52 Å². The number of rotatable bonds is 11. The highest BCUT2D eigenvalue weighted by Crippen LogP contribution is 2.31. The predicted molar refractivity (Wildman–Crippen MR) is 129 cm³/mol. The first-order valence-electron chi connectivity index (χ1n) is 10.6. The Morgan fingerprint density at radius 3 is 2.56 bits per heavy atom. The summed E-state index contributed by atoms with van der Waals surface area (Å²) in [6.07, 6.45) is 4.74. The normalized spacial score (nSPS) is 11.6. The van der Waals surface area contributed by atoms with Crippen molar-refractivity contribution in [2.75, 3.05) is 25.0 Å². The number of hydrogen-bond acceptors (Lipinski definition) is 8. The number of benzene rings is 1. The van der Waals surface area contributed by atoms with Crippen LogP contribution in [0.2, 0.25) is 0 Å². The molecule has 0 fully saturated rings. The Balaban J connectivity index is 1.43. The highest BCUT2D eigenvalue weighted by Gasteiger charge is 2.19. The number of anilines is 1. The molecule has 0 unspecified atom stereocenters. The van der Waals surface area contributed by atoms with Crippen LogP contribution in [0.1, 0.15) is 43.5 Å². The average Bonchev–Trinajstić information content (AvgIpc) is 3.40. The van der Waals surface area contributed by atoms with Gasteiger partial charge in [-0.3, -0.25) is 4.79 Å². The average molecular weight is 475 g/mol. The topological polar surface area (TPSA) is 100 Å². The number of aromatic nitrogens is 2. The molecule has 7 nitrogen and oxygen atoms in total. The van der Waals surface area contributed by atoms with Crippen LogP contribution >= 0.6 is 23.1 Å². The maximum Gasteiger partial charge on any atom is 0.230 e. The molecular weight excluding hydrogens is 444 g/mol. The number of hydrogen-bond donors (Lipinski definition) is 3. The minimum absolute atomic E-state index is 0.0598. The van der Waals surface area contributed by atoms with E-state index >= 15 is 0 Å². The number of nitrogens with zero attached hydrogens (tertiary/aromatic N) is 2. The third kappa shape index (κ3) is 7.74. The predicted octanol–water partition coefficient (Wildman–Crippen LogP) is 4.03. The van der Waals surface area contributed by atoms with Crippen LogP contribution in [-0.2, 0) is 28.8 Å². The first kappa shape index (κ1) is 24.4. The van der Waals surface area contributed by atoms with Gasteiger partial charge in [0.1, 0.15) is 5.76 Å². The first-order valence-corrected chi connectivity index (χ1v) is 12.4. The summed E-state index contributed by atoms with van der Waals surface area (Å²) in [6, 6.07) is 8.03. The molecule has 0 bridgehead atoms. The van der Waals surface area contributed by atoms with Crippen LogP contribution < -0.4 is 10.6 Å². The van der Waals surface area contributed by atoms with Gasteiger partial charge in [0.05, 0.1) is 35.4 Å². The van der Waals surface area contributed by atoms with Gasteiger partial charge < -0.3 is 20.2 Å². The van der Waals surface area contributed by atoms with Crippen molar-refractivity contribution in [1.82, 2.24) is 15.3 Å². The van der Waals surface area contributed by atoms with Crippen molar-refractivity contribution in [3.8, 4) is 0 Å². The highest BCUT2D eigenvalue weighted by molar-refractivity contribution is 8.00. The van der Waals surface area contributed by atoms with Crippen LogP contribution in [0.15, 0.2) is 45.3 Å². The monoisotopic (exact) mass is 474 g/mol. The van der Waals surface area contributed by atoms with Gasteiger partial charge in [-0.2, -0.15) is 0 Å². The van der Waals surface area contributed by atoms with Crippen molar-refractivity contribution in [2.45, 2.75) is 49.0 Å². The fraction of sp³-hybridized carbons (Fsp3) is 0.435. The molecule has 0 aliphatic heterocycles. The maximum atomic E-state index is 12.4. The summed E-state index contributed by atoms with van der Waals surface area (Å²) >= 11 is 3.03. The zero-order valence-electron chi connectivity index (χ0n) is 18.7. The molecule has 3 N–H and O–H groups in total. The summed E-state index contributed by atoms with van der Waals surface area (Å²) in [5.74, 6) is 2.09. The second-order valence-corrected chi connectivity index (χ2v) is 10.7. The van der Waals surface area contributed by atoms with Crippen molar-refractivity contribution in [3.05, 3.63) is 59.4 Å². The number of carbonyl (C=O) groups excluding carboxylic acids is 1. The highest BCUT2D eigenvalue weighted by atomic mass is 32.2. The molecule has 0 saturated carbocycles. The van der Waals surface area contributed by atoms with Gasteiger partial charge in [-0.1, -0.05) is 56.4 Å². The molecule has 0 spiro atoms. The van der Waals surface area contributed by atoms with Gasteiger partial charge in [0, 0.05) is 12.0 Å². The van der Waals surface area contributed by atoms with E-state index in [0.29, 0.717) is 29.7 Å². The first-order chi connectivity index (χ1) is 15.3. The fourth-order valence-corrected chi connectivity index (χ4v) is 4.59. The third-order valence-electron chi connectivity index (χ3n) is 4.63. The summed E-state index contributed by atoms with van der Waals surface area (Å²) in [4.78, 5) is 21.0. The van der Waals surface area contributed by atoms with E-state index in [-0.39, 0.29) is 17.9 Å². The van der Waals surface area contributed by atoms with Gasteiger partial charge in [-0.25, -0.2) is 9.97 Å². The molecule has 0 aliphatic carbocycles. The fourth-order valence-electron chi connectivity index (χ4n) is 2.85. The molecule has 32 heavy (non-hydrogen) atoms. The van der Waals surface area contributed by atoms with Crippen LogP contribution in [0.4, 0.5) is 5.13 Å². The van der Waals surface area contributed by atoms with Crippen LogP contribution in [0.3, 0.4) is 0 Å². The van der Waals surface area contributed by atoms with E-state index in [9.17, 15) is 4.79 Å². The lowest BCUT2D eigenvalue weighted by molar-refractivity contribution is -0.115. The molecule has 2 heterocycles. The van der Waals surface area contributed by atoms with E-state index in [0.717, 1.165) is 28.5 Å². The van der Waals surface area contributed by atoms with Crippen molar-refractivity contribution in [2.24, 2.45) is 0 Å². The molecular formula is C23H30N4O3S2. The Hall–Kier alpha value is -2.20. The number of aliphatic hydroxyl groups is 1. The smallest absolute Gasteiger partial charge is 0.230 e. The SMILES string of the molecule is CC(C)(C)c1cnc(CSc2cnc(NC(=O)Cc3ccc(CCNCCO)cc3)s2)o1. The van der Waals surface area contributed by atoms with Crippen LogP contribution in [-0.4, -0.2) is 40.7 Å². The van der Waals surface area contributed by atoms with Gasteiger partial charge >= 0.3 is 0 Å². The van der Waals surface area contributed by atoms with Crippen molar-refractivity contribution >= 4 is 34.1 Å². The van der Waals surface area contributed by atoms with E-state index in [1.165, 1.54) is 16.9 Å². The Labute approximate surface area is 197 Å². The number of nitrogens with one attached hydrogen (secondary N) is 2.